The average Bonchev–Trinajstić information content (AvgIpc) is 3.27. The molecule has 0 aliphatic carbocycles. The number of carbonyl (C=O) groups is 1. The second kappa shape index (κ2) is 10.4. The van der Waals surface area contributed by atoms with Crippen LogP contribution in [0.5, 0.6) is 5.75 Å². The first-order chi connectivity index (χ1) is 14.5. The maximum atomic E-state index is 12.2. The van der Waals surface area contributed by atoms with Crippen molar-refractivity contribution in [1.82, 2.24) is 10.7 Å². The molecule has 2 N–H and O–H groups in total. The summed E-state index contributed by atoms with van der Waals surface area (Å²) in [6.07, 6.45) is 3.86. The third kappa shape index (κ3) is 6.33. The number of carbonyl (C=O) groups excluding carboxylic acids is 1. The molecule has 1 aliphatic heterocycles. The van der Waals surface area contributed by atoms with Gasteiger partial charge in [0.25, 0.3) is 5.69 Å². The van der Waals surface area contributed by atoms with Crippen LogP contribution < -0.4 is 15.5 Å². The minimum atomic E-state index is -0.676. The van der Waals surface area contributed by atoms with Crippen molar-refractivity contribution in [3.05, 3.63) is 69.8 Å². The van der Waals surface area contributed by atoms with Crippen molar-refractivity contribution in [1.29, 1.82) is 0 Å². The Morgan fingerprint density at radius 3 is 2.83 bits per heavy atom. The van der Waals surface area contributed by atoms with E-state index in [9.17, 15) is 14.9 Å². The number of hydrogen-bond acceptors (Lipinski definition) is 7. The van der Waals surface area contributed by atoms with Crippen molar-refractivity contribution in [3.8, 4) is 5.75 Å². The third-order valence-corrected chi connectivity index (χ3v) is 4.51. The number of benzene rings is 2. The number of esters is 1. The van der Waals surface area contributed by atoms with Crippen LogP contribution in [-0.4, -0.2) is 41.5 Å². The van der Waals surface area contributed by atoms with Crippen molar-refractivity contribution in [2.75, 3.05) is 13.2 Å². The molecule has 3 rings (SSSR count). The molecular weight excluding hydrogens is 408 g/mol. The second-order valence-corrected chi connectivity index (χ2v) is 6.89. The van der Waals surface area contributed by atoms with Gasteiger partial charge in [0.2, 0.25) is 0 Å². The molecule has 156 valence electrons. The summed E-state index contributed by atoms with van der Waals surface area (Å²) in [7, 11) is 0. The lowest BCUT2D eigenvalue weighted by molar-refractivity contribution is -0.384. The van der Waals surface area contributed by atoms with Gasteiger partial charge in [-0.15, -0.1) is 0 Å². The Morgan fingerprint density at radius 1 is 1.33 bits per heavy atom. The quantitative estimate of drug-likeness (QED) is 0.173. The minimum absolute atomic E-state index is 0.100. The zero-order valence-electron chi connectivity index (χ0n) is 15.9. The topological polar surface area (TPSA) is 115 Å². The van der Waals surface area contributed by atoms with Crippen LogP contribution in [0.2, 0.25) is 0 Å². The molecule has 1 heterocycles. The predicted octanol–water partition coefficient (Wildman–Crippen LogP) is 2.79. The van der Waals surface area contributed by atoms with Gasteiger partial charge in [0.05, 0.1) is 22.8 Å². The van der Waals surface area contributed by atoms with Crippen LogP contribution >= 0.6 is 12.2 Å². The van der Waals surface area contributed by atoms with Crippen LogP contribution in [-0.2, 0) is 4.74 Å². The number of ether oxygens (including phenoxy) is 2. The zero-order valence-corrected chi connectivity index (χ0v) is 16.8. The predicted molar refractivity (Wildman–Crippen MR) is 115 cm³/mol. The van der Waals surface area contributed by atoms with E-state index in [0.29, 0.717) is 17.4 Å². The summed E-state index contributed by atoms with van der Waals surface area (Å²) in [4.78, 5) is 22.4. The van der Waals surface area contributed by atoms with Crippen molar-refractivity contribution in [3.63, 3.8) is 0 Å². The summed E-state index contributed by atoms with van der Waals surface area (Å²) in [5.74, 6) is -0.366. The highest BCUT2D eigenvalue weighted by molar-refractivity contribution is 7.80. The van der Waals surface area contributed by atoms with E-state index in [-0.39, 0.29) is 17.4 Å². The first kappa shape index (κ1) is 21.3. The van der Waals surface area contributed by atoms with Gasteiger partial charge in [-0.3, -0.25) is 15.5 Å². The molecule has 0 bridgehead atoms. The van der Waals surface area contributed by atoms with Gasteiger partial charge >= 0.3 is 5.97 Å². The summed E-state index contributed by atoms with van der Waals surface area (Å²) in [5, 5.41) is 18.3. The van der Waals surface area contributed by atoms with E-state index in [1.807, 2.05) is 0 Å². The number of thiocarbonyl (C=S) groups is 1. The molecule has 0 aromatic heterocycles. The van der Waals surface area contributed by atoms with Crippen molar-refractivity contribution in [2.45, 2.75) is 18.9 Å². The van der Waals surface area contributed by atoms with Crippen LogP contribution in [0.1, 0.15) is 28.8 Å². The van der Waals surface area contributed by atoms with Gasteiger partial charge in [-0.05, 0) is 61.0 Å². The lowest BCUT2D eigenvalue weighted by atomic mass is 10.2. The van der Waals surface area contributed by atoms with Crippen LogP contribution in [0.3, 0.4) is 0 Å². The smallest absolute Gasteiger partial charge is 0.343 e. The number of non-ortho nitro benzene ring substituents is 1. The van der Waals surface area contributed by atoms with E-state index in [1.165, 1.54) is 24.3 Å². The molecular formula is C20H20N4O5S. The number of nitrogens with zero attached hydrogens (tertiary/aromatic N) is 2. The highest BCUT2D eigenvalue weighted by atomic mass is 32.1. The Balaban J connectivity index is 1.47. The van der Waals surface area contributed by atoms with E-state index in [2.05, 4.69) is 15.8 Å². The number of nitrogens with one attached hydrogen (secondary N) is 2. The monoisotopic (exact) mass is 428 g/mol. The van der Waals surface area contributed by atoms with Gasteiger partial charge in [0, 0.05) is 25.3 Å². The minimum Gasteiger partial charge on any atom is -0.423 e. The van der Waals surface area contributed by atoms with Gasteiger partial charge in [0.1, 0.15) is 5.75 Å². The summed E-state index contributed by atoms with van der Waals surface area (Å²) in [5.41, 5.74) is 3.42. The lowest BCUT2D eigenvalue weighted by Crippen LogP contribution is -2.37. The molecule has 10 heteroatoms. The normalized spacial score (nSPS) is 15.7. The molecule has 30 heavy (non-hydrogen) atoms. The highest BCUT2D eigenvalue weighted by Crippen LogP contribution is 2.17. The van der Waals surface area contributed by atoms with Crippen LogP contribution in [0.15, 0.2) is 53.6 Å². The first-order valence-corrected chi connectivity index (χ1v) is 9.67. The van der Waals surface area contributed by atoms with Gasteiger partial charge in [-0.25, -0.2) is 4.79 Å². The Labute approximate surface area is 178 Å². The Morgan fingerprint density at radius 2 is 2.13 bits per heavy atom. The van der Waals surface area contributed by atoms with E-state index in [1.54, 1.807) is 30.5 Å². The molecule has 0 radical (unpaired) electrons. The number of hydrazone groups is 1. The highest BCUT2D eigenvalue weighted by Gasteiger charge is 2.15. The summed E-state index contributed by atoms with van der Waals surface area (Å²) in [6.45, 7) is 1.44. The fourth-order valence-corrected chi connectivity index (χ4v) is 2.89. The van der Waals surface area contributed by atoms with Gasteiger partial charge in [-0.1, -0.05) is 6.07 Å². The van der Waals surface area contributed by atoms with Gasteiger partial charge < -0.3 is 14.8 Å². The van der Waals surface area contributed by atoms with Gasteiger partial charge in [0.15, 0.2) is 5.11 Å². The van der Waals surface area contributed by atoms with E-state index in [0.717, 1.165) is 25.0 Å². The molecule has 1 saturated heterocycles. The van der Waals surface area contributed by atoms with E-state index < -0.39 is 10.9 Å². The molecule has 0 amide bonds. The molecule has 2 aromatic carbocycles. The molecule has 9 nitrogen and oxygen atoms in total. The van der Waals surface area contributed by atoms with E-state index in [4.69, 9.17) is 21.7 Å². The Bertz CT molecular complexity index is 942. The Hall–Kier alpha value is -3.37. The molecule has 1 fully saturated rings. The van der Waals surface area contributed by atoms with Crippen molar-refractivity contribution < 1.29 is 19.2 Å². The van der Waals surface area contributed by atoms with Gasteiger partial charge in [-0.2, -0.15) is 5.10 Å². The Kier molecular flexibility index (Phi) is 7.41. The number of rotatable bonds is 7. The average molecular weight is 428 g/mol. The zero-order chi connectivity index (χ0) is 21.3. The summed E-state index contributed by atoms with van der Waals surface area (Å²) < 4.78 is 10.8. The largest absolute Gasteiger partial charge is 0.423 e. The molecule has 0 saturated carbocycles. The first-order valence-electron chi connectivity index (χ1n) is 9.26. The summed E-state index contributed by atoms with van der Waals surface area (Å²) in [6, 6.07) is 12.0. The standard InChI is InChI=1S/C20H20N4O5S/c25-19(15-3-1-4-16(11-15)24(26)27)29-17-8-6-14(7-9-17)12-22-23-20(30)21-13-18-5-2-10-28-18/h1,3-4,6-9,11-12,18H,2,5,10,13H2,(H2,21,23,30). The number of nitro groups is 1. The van der Waals surface area contributed by atoms with Crippen molar-refractivity contribution in [2.24, 2.45) is 5.10 Å². The lowest BCUT2D eigenvalue weighted by Gasteiger charge is -2.11. The molecule has 2 aromatic rings. The maximum Gasteiger partial charge on any atom is 0.343 e. The van der Waals surface area contributed by atoms with Crippen LogP contribution in [0.25, 0.3) is 0 Å². The summed E-state index contributed by atoms with van der Waals surface area (Å²) >= 11 is 5.15. The molecule has 1 atom stereocenters. The molecule has 1 unspecified atom stereocenters. The third-order valence-electron chi connectivity index (χ3n) is 4.28. The van der Waals surface area contributed by atoms with Crippen molar-refractivity contribution >= 4 is 35.2 Å². The molecule has 0 spiro atoms. The fourth-order valence-electron chi connectivity index (χ4n) is 2.75. The maximum absolute atomic E-state index is 12.2. The fraction of sp³-hybridized carbons (Fsp3) is 0.250. The van der Waals surface area contributed by atoms with Crippen LogP contribution in [0, 0.1) is 10.1 Å². The number of nitro benzene ring substituents is 1. The molecule has 1 aliphatic rings. The van der Waals surface area contributed by atoms with Crippen LogP contribution in [0.4, 0.5) is 5.69 Å². The van der Waals surface area contributed by atoms with E-state index >= 15 is 0 Å². The SMILES string of the molecule is O=C(Oc1ccc(C=NNC(=S)NCC2CCCO2)cc1)c1cccc([N+](=O)[O-])c1. The second-order valence-electron chi connectivity index (χ2n) is 6.48. The number of hydrogen-bond donors (Lipinski definition) is 2.